The number of sulfone groups is 1. The van der Waals surface area contributed by atoms with Crippen LogP contribution >= 0.6 is 0 Å². The van der Waals surface area contributed by atoms with Crippen molar-refractivity contribution in [3.05, 3.63) is 29.8 Å². The average molecular weight is 338 g/mol. The maximum absolute atomic E-state index is 12.1. The van der Waals surface area contributed by atoms with E-state index < -0.39 is 34.6 Å². The Kier molecular flexibility index (Phi) is 5.44. The number of rotatable bonds is 4. The van der Waals surface area contributed by atoms with Crippen LogP contribution in [0.1, 0.15) is 18.5 Å². The molecule has 9 heteroatoms. The molecule has 0 saturated heterocycles. The third-order valence-corrected chi connectivity index (χ3v) is 4.26. The van der Waals surface area contributed by atoms with Gasteiger partial charge in [-0.3, -0.25) is 0 Å². The Morgan fingerprint density at radius 2 is 1.77 bits per heavy atom. The van der Waals surface area contributed by atoms with Crippen LogP contribution in [0.15, 0.2) is 29.2 Å². The van der Waals surface area contributed by atoms with E-state index >= 15 is 0 Å². The molecule has 1 aromatic rings. The van der Waals surface area contributed by atoms with Crippen molar-refractivity contribution in [1.82, 2.24) is 10.2 Å². The van der Waals surface area contributed by atoms with Gasteiger partial charge >= 0.3 is 12.2 Å². The van der Waals surface area contributed by atoms with Crippen LogP contribution in [0.2, 0.25) is 0 Å². The third-order valence-electron chi connectivity index (χ3n) is 3.13. The van der Waals surface area contributed by atoms with Crippen LogP contribution in [0.3, 0.4) is 0 Å². The molecule has 0 saturated carbocycles. The number of hydrogen-bond acceptors (Lipinski definition) is 3. The van der Waals surface area contributed by atoms with Crippen molar-refractivity contribution < 1.29 is 26.4 Å². The first-order valence-electron chi connectivity index (χ1n) is 6.29. The summed E-state index contributed by atoms with van der Waals surface area (Å²) in [6, 6.07) is 4.45. The summed E-state index contributed by atoms with van der Waals surface area (Å²) in [5.74, 6) is 0. The van der Waals surface area contributed by atoms with Gasteiger partial charge in [0.25, 0.3) is 0 Å². The van der Waals surface area contributed by atoms with Crippen molar-refractivity contribution in [2.45, 2.75) is 24.0 Å². The smallest absolute Gasteiger partial charge is 0.329 e. The number of carbonyl (C=O) groups is 1. The lowest BCUT2D eigenvalue weighted by molar-refractivity contribution is -0.123. The summed E-state index contributed by atoms with van der Waals surface area (Å²) < 4.78 is 58.9. The lowest BCUT2D eigenvalue weighted by Gasteiger charge is -2.26. The standard InChI is InChI=1S/C13H17F3N2O3S/c1-9(18(2)12(19)17-8-13(14,15)16)10-4-6-11(7-5-10)22(3,20)21/h4-7,9H,8H2,1-3H3,(H,17,19). The van der Waals surface area contributed by atoms with Gasteiger partial charge in [-0.2, -0.15) is 13.2 Å². The maximum Gasteiger partial charge on any atom is 0.405 e. The van der Waals surface area contributed by atoms with E-state index in [1.807, 2.05) is 0 Å². The van der Waals surface area contributed by atoms with Crippen LogP contribution in [-0.2, 0) is 9.84 Å². The zero-order chi connectivity index (χ0) is 17.1. The average Bonchev–Trinajstić information content (AvgIpc) is 2.41. The van der Waals surface area contributed by atoms with Crippen molar-refractivity contribution >= 4 is 15.9 Å². The molecule has 1 unspecified atom stereocenters. The Morgan fingerprint density at radius 3 is 2.18 bits per heavy atom. The van der Waals surface area contributed by atoms with Crippen LogP contribution in [0.25, 0.3) is 0 Å². The van der Waals surface area contributed by atoms with E-state index in [0.717, 1.165) is 11.2 Å². The lowest BCUT2D eigenvalue weighted by atomic mass is 10.1. The van der Waals surface area contributed by atoms with Crippen molar-refractivity contribution in [2.75, 3.05) is 19.8 Å². The first kappa shape index (κ1) is 18.3. The third kappa shape index (κ3) is 5.21. The number of amides is 2. The van der Waals surface area contributed by atoms with E-state index in [2.05, 4.69) is 0 Å². The highest BCUT2D eigenvalue weighted by Crippen LogP contribution is 2.21. The fraction of sp³-hybridized carbons (Fsp3) is 0.462. The van der Waals surface area contributed by atoms with E-state index in [1.165, 1.54) is 31.3 Å². The van der Waals surface area contributed by atoms with Crippen LogP contribution in [0.5, 0.6) is 0 Å². The fourth-order valence-corrected chi connectivity index (χ4v) is 2.32. The molecule has 0 aliphatic heterocycles. The van der Waals surface area contributed by atoms with E-state index in [1.54, 1.807) is 12.2 Å². The molecule has 0 aliphatic rings. The molecule has 0 heterocycles. The van der Waals surface area contributed by atoms with Gasteiger partial charge < -0.3 is 10.2 Å². The Labute approximate surface area is 127 Å². The first-order valence-corrected chi connectivity index (χ1v) is 8.18. The van der Waals surface area contributed by atoms with Crippen molar-refractivity contribution in [2.24, 2.45) is 0 Å². The van der Waals surface area contributed by atoms with Crippen molar-refractivity contribution in [3.63, 3.8) is 0 Å². The van der Waals surface area contributed by atoms with Gasteiger partial charge in [0, 0.05) is 13.3 Å². The molecule has 1 rings (SSSR count). The predicted molar refractivity (Wildman–Crippen MR) is 75.2 cm³/mol. The van der Waals surface area contributed by atoms with Crippen LogP contribution in [-0.4, -0.2) is 45.4 Å². The molecule has 0 radical (unpaired) electrons. The summed E-state index contributed by atoms with van der Waals surface area (Å²) >= 11 is 0. The van der Waals surface area contributed by atoms with E-state index in [4.69, 9.17) is 0 Å². The SMILES string of the molecule is CC(c1ccc(S(C)(=O)=O)cc1)N(C)C(=O)NCC(F)(F)F. The molecule has 1 N–H and O–H groups in total. The quantitative estimate of drug-likeness (QED) is 0.916. The molecule has 0 bridgehead atoms. The second-order valence-electron chi connectivity index (χ2n) is 4.90. The van der Waals surface area contributed by atoms with Crippen LogP contribution in [0.4, 0.5) is 18.0 Å². The lowest BCUT2D eigenvalue weighted by Crippen LogP contribution is -2.42. The van der Waals surface area contributed by atoms with Crippen LogP contribution in [0, 0.1) is 0 Å². The number of nitrogens with zero attached hydrogens (tertiary/aromatic N) is 1. The van der Waals surface area contributed by atoms with E-state index in [-0.39, 0.29) is 4.90 Å². The second-order valence-corrected chi connectivity index (χ2v) is 6.92. The largest absolute Gasteiger partial charge is 0.405 e. The summed E-state index contributed by atoms with van der Waals surface area (Å²) in [6.07, 6.45) is -3.40. The van der Waals surface area contributed by atoms with Gasteiger partial charge in [0.1, 0.15) is 6.54 Å². The molecule has 124 valence electrons. The normalized spacial score (nSPS) is 13.5. The van der Waals surface area contributed by atoms with Crippen molar-refractivity contribution in [1.29, 1.82) is 0 Å². The highest BCUT2D eigenvalue weighted by atomic mass is 32.2. The molecule has 5 nitrogen and oxygen atoms in total. The van der Waals surface area contributed by atoms with E-state index in [0.29, 0.717) is 5.56 Å². The molecule has 1 atom stereocenters. The Bertz CT molecular complexity index is 627. The zero-order valence-corrected chi connectivity index (χ0v) is 13.1. The van der Waals surface area contributed by atoms with Gasteiger partial charge in [0.15, 0.2) is 9.84 Å². The summed E-state index contributed by atoms with van der Waals surface area (Å²) in [5.41, 5.74) is 0.608. The molecule has 22 heavy (non-hydrogen) atoms. The minimum absolute atomic E-state index is 0.132. The molecule has 1 aromatic carbocycles. The number of halogens is 3. The number of hydrogen-bond donors (Lipinski definition) is 1. The molecule has 0 aliphatic carbocycles. The summed E-state index contributed by atoms with van der Waals surface area (Å²) in [5, 5.41) is 1.77. The maximum atomic E-state index is 12.1. The minimum atomic E-state index is -4.48. The van der Waals surface area contributed by atoms with Gasteiger partial charge in [-0.15, -0.1) is 0 Å². The van der Waals surface area contributed by atoms with Gasteiger partial charge in [-0.05, 0) is 24.6 Å². The van der Waals surface area contributed by atoms with Gasteiger partial charge in [0.2, 0.25) is 0 Å². The zero-order valence-electron chi connectivity index (χ0n) is 12.3. The number of alkyl halides is 3. The number of nitrogens with one attached hydrogen (secondary N) is 1. The summed E-state index contributed by atoms with van der Waals surface area (Å²) in [6.45, 7) is 0.221. The number of carbonyl (C=O) groups excluding carboxylic acids is 1. The molecular formula is C13H17F3N2O3S. The number of benzene rings is 1. The summed E-state index contributed by atoms with van der Waals surface area (Å²) in [7, 11) is -1.96. The van der Waals surface area contributed by atoms with Gasteiger partial charge in [0.05, 0.1) is 10.9 Å². The van der Waals surface area contributed by atoms with Crippen molar-refractivity contribution in [3.8, 4) is 0 Å². The van der Waals surface area contributed by atoms with Crippen LogP contribution < -0.4 is 5.32 Å². The minimum Gasteiger partial charge on any atom is -0.329 e. The van der Waals surface area contributed by atoms with Gasteiger partial charge in [-0.25, -0.2) is 13.2 Å². The second kappa shape index (κ2) is 6.55. The molecular weight excluding hydrogens is 321 g/mol. The predicted octanol–water partition coefficient (Wildman–Crippen LogP) is 2.35. The Balaban J connectivity index is 2.78. The topological polar surface area (TPSA) is 66.5 Å². The number of urea groups is 1. The molecule has 0 fully saturated rings. The summed E-state index contributed by atoms with van der Waals surface area (Å²) in [4.78, 5) is 12.9. The highest BCUT2D eigenvalue weighted by molar-refractivity contribution is 7.90. The molecule has 2 amide bonds. The van der Waals surface area contributed by atoms with E-state index in [9.17, 15) is 26.4 Å². The Hall–Kier alpha value is -1.77. The fourth-order valence-electron chi connectivity index (χ4n) is 1.69. The monoisotopic (exact) mass is 338 g/mol. The Morgan fingerprint density at radius 1 is 1.27 bits per heavy atom. The highest BCUT2D eigenvalue weighted by Gasteiger charge is 2.29. The molecule has 0 aromatic heterocycles. The van der Waals surface area contributed by atoms with Gasteiger partial charge in [-0.1, -0.05) is 12.1 Å². The molecule has 0 spiro atoms. The first-order chi connectivity index (χ1) is 9.92.